The monoisotopic (exact) mass is 286 g/mol. The first-order chi connectivity index (χ1) is 9.56. The summed E-state index contributed by atoms with van der Waals surface area (Å²) in [5, 5.41) is 5.76. The molecule has 7 heteroatoms. The second-order valence-electron chi connectivity index (χ2n) is 4.40. The zero-order valence-corrected chi connectivity index (χ0v) is 10.9. The quantitative estimate of drug-likeness (QED) is 0.882. The van der Waals surface area contributed by atoms with Crippen molar-refractivity contribution in [2.45, 2.75) is 25.7 Å². The topological polar surface area (TPSA) is 59.6 Å². The minimum Gasteiger partial charge on any atom is -0.435 e. The van der Waals surface area contributed by atoms with Gasteiger partial charge in [-0.3, -0.25) is 4.79 Å². The van der Waals surface area contributed by atoms with Crippen LogP contribution in [0, 0.1) is 0 Å². The zero-order chi connectivity index (χ0) is 14.5. The van der Waals surface area contributed by atoms with E-state index in [1.165, 1.54) is 24.3 Å². The van der Waals surface area contributed by atoms with Crippen molar-refractivity contribution in [1.29, 1.82) is 0 Å². The maximum atomic E-state index is 12.0. The van der Waals surface area contributed by atoms with Crippen molar-refractivity contribution < 1.29 is 23.0 Å². The van der Waals surface area contributed by atoms with Gasteiger partial charge < -0.3 is 20.1 Å². The molecule has 2 rings (SSSR count). The van der Waals surface area contributed by atoms with Crippen LogP contribution in [-0.4, -0.2) is 37.8 Å². The van der Waals surface area contributed by atoms with Crippen LogP contribution in [0.25, 0.3) is 0 Å². The summed E-state index contributed by atoms with van der Waals surface area (Å²) in [6.45, 7) is 0.143. The number of carbonyl (C=O) groups excluding carboxylic acids is 1. The molecule has 1 saturated heterocycles. The van der Waals surface area contributed by atoms with E-state index in [2.05, 4.69) is 15.4 Å². The third-order valence-electron chi connectivity index (χ3n) is 2.95. The average molecular weight is 286 g/mol. The SMILES string of the molecule is C[C@H]1OCCN[C@@H]1C(=O)Nc1ccc(OC(F)F)cc1. The van der Waals surface area contributed by atoms with Gasteiger partial charge in [-0.2, -0.15) is 8.78 Å². The molecule has 0 radical (unpaired) electrons. The van der Waals surface area contributed by atoms with E-state index in [0.717, 1.165) is 0 Å². The van der Waals surface area contributed by atoms with Crippen LogP contribution < -0.4 is 15.4 Å². The second kappa shape index (κ2) is 6.62. The molecule has 2 atom stereocenters. The van der Waals surface area contributed by atoms with Gasteiger partial charge in [-0.05, 0) is 31.2 Å². The molecule has 2 N–H and O–H groups in total. The van der Waals surface area contributed by atoms with E-state index >= 15 is 0 Å². The first-order valence-corrected chi connectivity index (χ1v) is 6.27. The fourth-order valence-electron chi connectivity index (χ4n) is 1.97. The molecule has 0 bridgehead atoms. The van der Waals surface area contributed by atoms with Crippen LogP contribution in [0.3, 0.4) is 0 Å². The number of rotatable bonds is 4. The molecule has 1 aliphatic heterocycles. The highest BCUT2D eigenvalue weighted by molar-refractivity contribution is 5.95. The maximum Gasteiger partial charge on any atom is 0.387 e. The molecule has 110 valence electrons. The molecule has 1 aliphatic rings. The average Bonchev–Trinajstić information content (AvgIpc) is 2.41. The molecule has 1 fully saturated rings. The Bertz CT molecular complexity index is 453. The predicted octanol–water partition coefficient (Wildman–Crippen LogP) is 1.60. The summed E-state index contributed by atoms with van der Waals surface area (Å²) in [7, 11) is 0. The first kappa shape index (κ1) is 14.7. The Balaban J connectivity index is 1.93. The highest BCUT2D eigenvalue weighted by Crippen LogP contribution is 2.18. The van der Waals surface area contributed by atoms with Crippen LogP contribution in [0.15, 0.2) is 24.3 Å². The Labute approximate surface area is 115 Å². The van der Waals surface area contributed by atoms with Crippen LogP contribution in [-0.2, 0) is 9.53 Å². The van der Waals surface area contributed by atoms with Gasteiger partial charge in [0.1, 0.15) is 11.8 Å². The third kappa shape index (κ3) is 3.88. The van der Waals surface area contributed by atoms with Crippen molar-refractivity contribution in [3.8, 4) is 5.75 Å². The molecule has 1 aromatic rings. The van der Waals surface area contributed by atoms with E-state index in [1.54, 1.807) is 0 Å². The molecule has 1 amide bonds. The Morgan fingerprint density at radius 3 is 2.75 bits per heavy atom. The molecular weight excluding hydrogens is 270 g/mol. The standard InChI is InChI=1S/C13H16F2N2O3/c1-8-11(16-6-7-19-8)12(18)17-9-2-4-10(5-3-9)20-13(14)15/h2-5,8,11,13,16H,6-7H2,1H3,(H,17,18)/t8-,11+/m1/s1. The molecule has 1 aromatic carbocycles. The van der Waals surface area contributed by atoms with E-state index in [-0.39, 0.29) is 17.8 Å². The number of nitrogens with one attached hydrogen (secondary N) is 2. The lowest BCUT2D eigenvalue weighted by Crippen LogP contribution is -2.53. The number of benzene rings is 1. The van der Waals surface area contributed by atoms with Gasteiger partial charge in [0, 0.05) is 12.2 Å². The summed E-state index contributed by atoms with van der Waals surface area (Å²) < 4.78 is 33.6. The molecule has 0 spiro atoms. The van der Waals surface area contributed by atoms with Crippen molar-refractivity contribution in [2.75, 3.05) is 18.5 Å². The van der Waals surface area contributed by atoms with Crippen LogP contribution in [0.5, 0.6) is 5.75 Å². The van der Waals surface area contributed by atoms with Gasteiger partial charge in [0.15, 0.2) is 0 Å². The van der Waals surface area contributed by atoms with Crippen molar-refractivity contribution >= 4 is 11.6 Å². The van der Waals surface area contributed by atoms with E-state index < -0.39 is 12.7 Å². The van der Waals surface area contributed by atoms with Gasteiger partial charge in [0.05, 0.1) is 12.7 Å². The Kier molecular flexibility index (Phi) is 4.86. The molecule has 20 heavy (non-hydrogen) atoms. The number of morpholine rings is 1. The lowest BCUT2D eigenvalue weighted by Gasteiger charge is -2.29. The predicted molar refractivity (Wildman–Crippen MR) is 68.9 cm³/mol. The minimum absolute atomic E-state index is 0.0468. The number of ether oxygens (including phenoxy) is 2. The van der Waals surface area contributed by atoms with Crippen LogP contribution in [0.1, 0.15) is 6.92 Å². The summed E-state index contributed by atoms with van der Waals surface area (Å²) in [5.74, 6) is -0.176. The van der Waals surface area contributed by atoms with Gasteiger partial charge in [0.25, 0.3) is 0 Å². The summed E-state index contributed by atoms with van der Waals surface area (Å²) in [6, 6.07) is 5.32. The fourth-order valence-corrected chi connectivity index (χ4v) is 1.97. The fraction of sp³-hybridized carbons (Fsp3) is 0.462. The molecule has 0 aromatic heterocycles. The van der Waals surface area contributed by atoms with Gasteiger partial charge in [-0.25, -0.2) is 0 Å². The largest absolute Gasteiger partial charge is 0.435 e. The number of carbonyl (C=O) groups is 1. The molecule has 1 heterocycles. The number of halogens is 2. The number of hydrogen-bond donors (Lipinski definition) is 2. The highest BCUT2D eigenvalue weighted by Gasteiger charge is 2.28. The summed E-state index contributed by atoms with van der Waals surface area (Å²) in [5.41, 5.74) is 0.510. The lowest BCUT2D eigenvalue weighted by atomic mass is 10.1. The molecule has 0 unspecified atom stereocenters. The van der Waals surface area contributed by atoms with Gasteiger partial charge >= 0.3 is 6.61 Å². The Morgan fingerprint density at radius 1 is 1.45 bits per heavy atom. The van der Waals surface area contributed by atoms with Crippen LogP contribution in [0.2, 0.25) is 0 Å². The molecular formula is C13H16F2N2O3. The Morgan fingerprint density at radius 2 is 2.15 bits per heavy atom. The second-order valence-corrected chi connectivity index (χ2v) is 4.40. The van der Waals surface area contributed by atoms with Crippen molar-refractivity contribution in [3.63, 3.8) is 0 Å². The number of alkyl halides is 2. The normalized spacial score (nSPS) is 22.6. The van der Waals surface area contributed by atoms with Gasteiger partial charge in [-0.15, -0.1) is 0 Å². The van der Waals surface area contributed by atoms with E-state index in [0.29, 0.717) is 18.8 Å². The van der Waals surface area contributed by atoms with Gasteiger partial charge in [0.2, 0.25) is 5.91 Å². The smallest absolute Gasteiger partial charge is 0.387 e. The summed E-state index contributed by atoms with van der Waals surface area (Å²) in [4.78, 5) is 12.0. The summed E-state index contributed by atoms with van der Waals surface area (Å²) in [6.07, 6.45) is -0.217. The van der Waals surface area contributed by atoms with E-state index in [4.69, 9.17) is 4.74 Å². The minimum atomic E-state index is -2.86. The van der Waals surface area contributed by atoms with Crippen LogP contribution in [0.4, 0.5) is 14.5 Å². The van der Waals surface area contributed by atoms with Crippen LogP contribution >= 0.6 is 0 Å². The van der Waals surface area contributed by atoms with Gasteiger partial charge in [-0.1, -0.05) is 0 Å². The third-order valence-corrected chi connectivity index (χ3v) is 2.95. The molecule has 5 nitrogen and oxygen atoms in total. The van der Waals surface area contributed by atoms with E-state index in [9.17, 15) is 13.6 Å². The van der Waals surface area contributed by atoms with E-state index in [1.807, 2.05) is 6.92 Å². The highest BCUT2D eigenvalue weighted by atomic mass is 19.3. The first-order valence-electron chi connectivity index (χ1n) is 6.27. The zero-order valence-electron chi connectivity index (χ0n) is 10.9. The molecule has 0 aliphatic carbocycles. The number of anilines is 1. The number of hydrogen-bond acceptors (Lipinski definition) is 4. The molecule has 0 saturated carbocycles. The number of amides is 1. The van der Waals surface area contributed by atoms with Crippen molar-refractivity contribution in [1.82, 2.24) is 5.32 Å². The maximum absolute atomic E-state index is 12.0. The Hall–Kier alpha value is -1.73. The lowest BCUT2D eigenvalue weighted by molar-refractivity contribution is -0.123. The van der Waals surface area contributed by atoms with Crippen molar-refractivity contribution in [2.24, 2.45) is 0 Å². The van der Waals surface area contributed by atoms with Crippen molar-refractivity contribution in [3.05, 3.63) is 24.3 Å². The summed E-state index contributed by atoms with van der Waals surface area (Å²) >= 11 is 0.